The van der Waals surface area contributed by atoms with E-state index in [0.717, 1.165) is 36.0 Å². The molecule has 4 heteroatoms. The molecule has 3 aromatic rings. The molecular weight excluding hydrogens is 412 g/mol. The quantitative estimate of drug-likeness (QED) is 0.229. The van der Waals surface area contributed by atoms with Gasteiger partial charge in [-0.15, -0.1) is 0 Å². The molecule has 0 bridgehead atoms. The van der Waals surface area contributed by atoms with Crippen molar-refractivity contribution in [2.75, 3.05) is 13.2 Å². The van der Waals surface area contributed by atoms with Crippen molar-refractivity contribution < 1.29 is 19.4 Å². The molecule has 0 heterocycles. The predicted octanol–water partition coefficient (Wildman–Crippen LogP) is 6.44. The van der Waals surface area contributed by atoms with E-state index in [2.05, 4.69) is 79.7 Å². The van der Waals surface area contributed by atoms with E-state index in [1.807, 2.05) is 18.2 Å². The SMILES string of the molecule is CC(CCCOCCCCC(=O)O)OC(c1ccccc1)(c1ccccc1)c1ccccc1. The minimum atomic E-state index is -0.750. The molecule has 0 fully saturated rings. The van der Waals surface area contributed by atoms with Crippen molar-refractivity contribution in [2.24, 2.45) is 0 Å². The van der Waals surface area contributed by atoms with E-state index < -0.39 is 11.6 Å². The van der Waals surface area contributed by atoms with E-state index in [0.29, 0.717) is 19.6 Å². The standard InChI is InChI=1S/C29H34O4/c1-24(14-13-23-32-22-12-11-21-28(30)31)33-29(25-15-5-2-6-16-25,26-17-7-3-8-18-26)27-19-9-4-10-20-27/h2-10,15-20,24H,11-14,21-23H2,1H3,(H,30,31). The number of unbranched alkanes of at least 4 members (excludes halogenated alkanes) is 1. The minimum absolute atomic E-state index is 0.00114. The largest absolute Gasteiger partial charge is 0.481 e. The number of carbonyl (C=O) groups is 1. The molecule has 0 aromatic heterocycles. The molecule has 1 N–H and O–H groups in total. The summed E-state index contributed by atoms with van der Waals surface area (Å²) in [5, 5.41) is 8.70. The first-order valence-electron chi connectivity index (χ1n) is 11.8. The van der Waals surface area contributed by atoms with Crippen molar-refractivity contribution in [1.82, 2.24) is 0 Å². The van der Waals surface area contributed by atoms with Gasteiger partial charge in [0.05, 0.1) is 6.10 Å². The number of rotatable bonds is 14. The van der Waals surface area contributed by atoms with Crippen LogP contribution in [0.1, 0.15) is 55.7 Å². The maximum absolute atomic E-state index is 10.6. The molecule has 3 rings (SSSR count). The van der Waals surface area contributed by atoms with E-state index in [9.17, 15) is 4.79 Å². The van der Waals surface area contributed by atoms with Crippen LogP contribution in [0, 0.1) is 0 Å². The van der Waals surface area contributed by atoms with Gasteiger partial charge in [0, 0.05) is 19.6 Å². The van der Waals surface area contributed by atoms with Crippen LogP contribution in [0.2, 0.25) is 0 Å². The molecule has 0 radical (unpaired) electrons. The van der Waals surface area contributed by atoms with Crippen LogP contribution in [0.25, 0.3) is 0 Å². The second-order valence-corrected chi connectivity index (χ2v) is 8.31. The normalized spacial score (nSPS) is 12.4. The molecule has 0 saturated heterocycles. The van der Waals surface area contributed by atoms with Crippen molar-refractivity contribution in [3.63, 3.8) is 0 Å². The molecule has 33 heavy (non-hydrogen) atoms. The van der Waals surface area contributed by atoms with Gasteiger partial charge in [-0.25, -0.2) is 0 Å². The lowest BCUT2D eigenvalue weighted by Gasteiger charge is -2.38. The lowest BCUT2D eigenvalue weighted by molar-refractivity contribution is -0.137. The first-order valence-corrected chi connectivity index (χ1v) is 11.8. The predicted molar refractivity (Wildman–Crippen MR) is 131 cm³/mol. The van der Waals surface area contributed by atoms with Crippen LogP contribution in [-0.4, -0.2) is 30.4 Å². The van der Waals surface area contributed by atoms with Crippen molar-refractivity contribution in [3.05, 3.63) is 108 Å². The summed E-state index contributed by atoms with van der Waals surface area (Å²) in [5.74, 6) is -0.750. The smallest absolute Gasteiger partial charge is 0.303 e. The molecule has 0 amide bonds. The number of benzene rings is 3. The molecule has 0 spiro atoms. The summed E-state index contributed by atoms with van der Waals surface area (Å²) < 4.78 is 12.6. The van der Waals surface area contributed by atoms with Crippen LogP contribution in [0.4, 0.5) is 0 Å². The zero-order valence-corrected chi connectivity index (χ0v) is 19.4. The summed E-state index contributed by atoms with van der Waals surface area (Å²) in [7, 11) is 0. The number of hydrogen-bond acceptors (Lipinski definition) is 3. The van der Waals surface area contributed by atoms with Gasteiger partial charge in [-0.2, -0.15) is 0 Å². The Morgan fingerprint density at radius 1 is 0.758 bits per heavy atom. The van der Waals surface area contributed by atoms with E-state index >= 15 is 0 Å². The molecule has 1 atom stereocenters. The number of ether oxygens (including phenoxy) is 2. The Balaban J connectivity index is 1.72. The van der Waals surface area contributed by atoms with Crippen LogP contribution in [0.5, 0.6) is 0 Å². The first-order chi connectivity index (χ1) is 16.1. The van der Waals surface area contributed by atoms with Gasteiger partial charge in [0.15, 0.2) is 0 Å². The minimum Gasteiger partial charge on any atom is -0.481 e. The van der Waals surface area contributed by atoms with Gasteiger partial charge in [0.2, 0.25) is 0 Å². The Bertz CT molecular complexity index is 844. The van der Waals surface area contributed by atoms with Crippen molar-refractivity contribution in [2.45, 2.75) is 50.7 Å². The van der Waals surface area contributed by atoms with Crippen LogP contribution in [0.3, 0.4) is 0 Å². The van der Waals surface area contributed by atoms with Gasteiger partial charge in [-0.05, 0) is 49.3 Å². The van der Waals surface area contributed by atoms with E-state index in [1.165, 1.54) is 0 Å². The second-order valence-electron chi connectivity index (χ2n) is 8.31. The summed E-state index contributed by atoms with van der Waals surface area (Å²) in [6.45, 7) is 3.37. The Labute approximate surface area is 197 Å². The molecular formula is C29H34O4. The lowest BCUT2D eigenvalue weighted by Crippen LogP contribution is -2.36. The third-order valence-corrected chi connectivity index (χ3v) is 5.75. The molecule has 3 aromatic carbocycles. The maximum Gasteiger partial charge on any atom is 0.303 e. The lowest BCUT2D eigenvalue weighted by atomic mass is 9.80. The fraction of sp³-hybridized carbons (Fsp3) is 0.345. The highest BCUT2D eigenvalue weighted by molar-refractivity contribution is 5.66. The molecule has 0 aliphatic carbocycles. The fourth-order valence-corrected chi connectivity index (χ4v) is 4.14. The van der Waals surface area contributed by atoms with E-state index in [4.69, 9.17) is 14.6 Å². The van der Waals surface area contributed by atoms with Gasteiger partial charge in [-0.1, -0.05) is 91.0 Å². The number of hydrogen-bond donors (Lipinski definition) is 1. The van der Waals surface area contributed by atoms with Crippen LogP contribution < -0.4 is 0 Å². The third-order valence-electron chi connectivity index (χ3n) is 5.75. The molecule has 174 valence electrons. The Morgan fingerprint density at radius 2 is 1.21 bits per heavy atom. The van der Waals surface area contributed by atoms with Crippen molar-refractivity contribution >= 4 is 5.97 Å². The van der Waals surface area contributed by atoms with Gasteiger partial charge in [-0.3, -0.25) is 4.79 Å². The van der Waals surface area contributed by atoms with Gasteiger partial charge in [0.25, 0.3) is 0 Å². The Kier molecular flexibility index (Phi) is 9.67. The summed E-state index contributed by atoms with van der Waals surface area (Å²) >= 11 is 0. The Hall–Kier alpha value is -2.95. The van der Waals surface area contributed by atoms with Crippen molar-refractivity contribution in [1.29, 1.82) is 0 Å². The first kappa shape index (κ1) is 24.7. The highest BCUT2D eigenvalue weighted by Crippen LogP contribution is 2.41. The average Bonchev–Trinajstić information content (AvgIpc) is 2.85. The number of carboxylic acids is 1. The summed E-state index contributed by atoms with van der Waals surface area (Å²) in [4.78, 5) is 10.6. The van der Waals surface area contributed by atoms with Gasteiger partial charge in [0.1, 0.15) is 5.60 Å². The monoisotopic (exact) mass is 446 g/mol. The number of aliphatic carboxylic acids is 1. The molecule has 1 unspecified atom stereocenters. The van der Waals surface area contributed by atoms with Crippen LogP contribution in [-0.2, 0) is 19.9 Å². The van der Waals surface area contributed by atoms with Crippen LogP contribution in [0.15, 0.2) is 91.0 Å². The third kappa shape index (κ3) is 7.01. The molecule has 4 nitrogen and oxygen atoms in total. The average molecular weight is 447 g/mol. The summed E-state index contributed by atoms with van der Waals surface area (Å²) in [6.07, 6.45) is 3.38. The maximum atomic E-state index is 10.6. The zero-order chi connectivity index (χ0) is 23.4. The van der Waals surface area contributed by atoms with Crippen molar-refractivity contribution in [3.8, 4) is 0 Å². The Morgan fingerprint density at radius 3 is 1.67 bits per heavy atom. The second kappa shape index (κ2) is 12.9. The summed E-state index contributed by atoms with van der Waals surface area (Å²) in [6, 6.07) is 31.2. The molecule has 0 aliphatic rings. The number of carboxylic acid groups (broad SMARTS) is 1. The summed E-state index contributed by atoms with van der Waals surface area (Å²) in [5.41, 5.74) is 2.60. The molecule has 0 aliphatic heterocycles. The fourth-order valence-electron chi connectivity index (χ4n) is 4.14. The van der Waals surface area contributed by atoms with E-state index in [1.54, 1.807) is 0 Å². The zero-order valence-electron chi connectivity index (χ0n) is 19.4. The topological polar surface area (TPSA) is 55.8 Å². The molecule has 0 saturated carbocycles. The van der Waals surface area contributed by atoms with Gasteiger partial charge < -0.3 is 14.6 Å². The highest BCUT2D eigenvalue weighted by Gasteiger charge is 2.38. The van der Waals surface area contributed by atoms with Crippen LogP contribution >= 0.6 is 0 Å². The van der Waals surface area contributed by atoms with Gasteiger partial charge >= 0.3 is 5.97 Å². The van der Waals surface area contributed by atoms with E-state index in [-0.39, 0.29) is 12.5 Å². The highest BCUT2D eigenvalue weighted by atomic mass is 16.5.